The maximum absolute atomic E-state index is 12.7. The Bertz CT molecular complexity index is 1250. The fourth-order valence-corrected chi connectivity index (χ4v) is 4.28. The van der Waals surface area contributed by atoms with Crippen LogP contribution in [0.4, 0.5) is 0 Å². The maximum atomic E-state index is 12.7. The molecule has 8 heteroatoms. The van der Waals surface area contributed by atoms with Crippen molar-refractivity contribution in [3.8, 4) is 27.7 Å². The van der Waals surface area contributed by atoms with Crippen molar-refractivity contribution >= 4 is 23.2 Å². The van der Waals surface area contributed by atoms with E-state index in [0.717, 1.165) is 22.0 Å². The third kappa shape index (κ3) is 2.98. The lowest BCUT2D eigenvalue weighted by Crippen LogP contribution is -2.29. The van der Waals surface area contributed by atoms with Gasteiger partial charge in [-0.25, -0.2) is 9.97 Å². The highest BCUT2D eigenvalue weighted by Gasteiger charge is 2.35. The second kappa shape index (κ2) is 6.93. The number of aryl methyl sites for hydroxylation is 1. The number of aromatic amines is 1. The largest absolute Gasteiger partial charge is 0.508 e. The molecule has 7 nitrogen and oxygen atoms in total. The van der Waals surface area contributed by atoms with Crippen LogP contribution in [0.2, 0.25) is 0 Å². The molecule has 0 saturated carbocycles. The number of hydrogen-bond donors (Lipinski definition) is 2. The Labute approximate surface area is 175 Å². The van der Waals surface area contributed by atoms with Gasteiger partial charge in [0.05, 0.1) is 23.4 Å². The number of phenolic OH excluding ortho intramolecular Hbond substituents is 1. The van der Waals surface area contributed by atoms with Gasteiger partial charge in [-0.2, -0.15) is 0 Å². The van der Waals surface area contributed by atoms with Crippen molar-refractivity contribution in [3.05, 3.63) is 76.6 Å². The van der Waals surface area contributed by atoms with Gasteiger partial charge in [0.2, 0.25) is 0 Å². The van der Waals surface area contributed by atoms with E-state index >= 15 is 0 Å². The quantitative estimate of drug-likeness (QED) is 0.490. The number of carbonyl (C=O) groups excluding carboxylic acids is 2. The fraction of sp³-hybridized carbons (Fsp3) is 0.0909. The Morgan fingerprint density at radius 1 is 1.00 bits per heavy atom. The van der Waals surface area contributed by atoms with Gasteiger partial charge in [-0.05, 0) is 43.3 Å². The van der Waals surface area contributed by atoms with Crippen molar-refractivity contribution in [2.24, 2.45) is 0 Å². The molecule has 2 N–H and O–H groups in total. The van der Waals surface area contributed by atoms with Crippen LogP contribution >= 0.6 is 11.3 Å². The van der Waals surface area contributed by atoms with E-state index in [2.05, 4.69) is 15.0 Å². The number of hydrogen-bond acceptors (Lipinski definition) is 6. The monoisotopic (exact) mass is 416 g/mol. The second-order valence-electron chi connectivity index (χ2n) is 6.99. The van der Waals surface area contributed by atoms with Crippen molar-refractivity contribution in [2.75, 3.05) is 0 Å². The van der Waals surface area contributed by atoms with E-state index < -0.39 is 0 Å². The summed E-state index contributed by atoms with van der Waals surface area (Å²) >= 11 is 1.47. The Morgan fingerprint density at radius 3 is 2.27 bits per heavy atom. The molecular weight excluding hydrogens is 400 g/mol. The number of phenols is 1. The molecule has 1 aliphatic heterocycles. The molecule has 3 heterocycles. The molecule has 4 aromatic rings. The van der Waals surface area contributed by atoms with Gasteiger partial charge in [0.15, 0.2) is 0 Å². The lowest BCUT2D eigenvalue weighted by atomic mass is 10.1. The number of benzene rings is 2. The lowest BCUT2D eigenvalue weighted by Gasteiger charge is -2.11. The van der Waals surface area contributed by atoms with Crippen molar-refractivity contribution < 1.29 is 14.7 Å². The summed E-state index contributed by atoms with van der Waals surface area (Å²) in [6.45, 7) is 1.94. The third-order valence-corrected chi connectivity index (χ3v) is 5.88. The van der Waals surface area contributed by atoms with Crippen molar-refractivity contribution in [1.82, 2.24) is 19.9 Å². The van der Waals surface area contributed by atoms with Gasteiger partial charge in [0.25, 0.3) is 11.8 Å². The average molecular weight is 416 g/mol. The van der Waals surface area contributed by atoms with Crippen LogP contribution in [0, 0.1) is 6.92 Å². The predicted molar refractivity (Wildman–Crippen MR) is 112 cm³/mol. The molecule has 1 aliphatic rings. The first-order valence-corrected chi connectivity index (χ1v) is 10.2. The number of nitrogens with zero attached hydrogens (tertiary/aromatic N) is 3. The molecular formula is C22H16N4O3S. The predicted octanol–water partition coefficient (Wildman–Crippen LogP) is 4.01. The van der Waals surface area contributed by atoms with E-state index in [1.54, 1.807) is 48.5 Å². The summed E-state index contributed by atoms with van der Waals surface area (Å²) in [6.07, 6.45) is 0. The number of carbonyl (C=O) groups is 2. The van der Waals surface area contributed by atoms with Crippen molar-refractivity contribution in [2.45, 2.75) is 13.5 Å². The minimum absolute atomic E-state index is 0.0296. The van der Waals surface area contributed by atoms with E-state index in [9.17, 15) is 14.7 Å². The van der Waals surface area contributed by atoms with Gasteiger partial charge in [-0.1, -0.05) is 12.1 Å². The zero-order valence-electron chi connectivity index (χ0n) is 15.9. The molecule has 5 rings (SSSR count). The lowest BCUT2D eigenvalue weighted by molar-refractivity contribution is 0.0638. The van der Waals surface area contributed by atoms with E-state index in [-0.39, 0.29) is 24.1 Å². The van der Waals surface area contributed by atoms with Crippen molar-refractivity contribution in [1.29, 1.82) is 0 Å². The number of imide groups is 1. The summed E-state index contributed by atoms with van der Waals surface area (Å²) in [7, 11) is 0. The third-order valence-electron chi connectivity index (χ3n) is 4.92. The summed E-state index contributed by atoms with van der Waals surface area (Å²) in [4.78, 5) is 39.1. The zero-order valence-corrected chi connectivity index (χ0v) is 16.7. The van der Waals surface area contributed by atoms with Gasteiger partial charge in [-0.15, -0.1) is 11.3 Å². The summed E-state index contributed by atoms with van der Waals surface area (Å²) in [5.41, 5.74) is 3.88. The second-order valence-corrected chi connectivity index (χ2v) is 7.85. The molecule has 0 spiro atoms. The molecule has 0 aliphatic carbocycles. The van der Waals surface area contributed by atoms with Gasteiger partial charge < -0.3 is 10.1 Å². The average Bonchev–Trinajstić information content (AvgIpc) is 3.43. The first-order valence-electron chi connectivity index (χ1n) is 9.27. The van der Waals surface area contributed by atoms with Crippen LogP contribution in [-0.2, 0) is 6.54 Å². The minimum atomic E-state index is -0.329. The van der Waals surface area contributed by atoms with Crippen LogP contribution in [0.5, 0.6) is 5.75 Å². The Kier molecular flexibility index (Phi) is 4.22. The number of thiazole rings is 1. The van der Waals surface area contributed by atoms with E-state index in [4.69, 9.17) is 0 Å². The first kappa shape index (κ1) is 18.3. The molecule has 0 bridgehead atoms. The Morgan fingerprint density at radius 2 is 1.67 bits per heavy atom. The Balaban J connectivity index is 1.55. The normalized spacial score (nSPS) is 13.2. The highest BCUT2D eigenvalue weighted by Crippen LogP contribution is 2.33. The van der Waals surface area contributed by atoms with Crippen LogP contribution in [0.3, 0.4) is 0 Å². The number of fused-ring (bicyclic) bond motifs is 1. The molecule has 0 atom stereocenters. The molecule has 30 heavy (non-hydrogen) atoms. The number of aromatic hydroxyl groups is 1. The zero-order chi connectivity index (χ0) is 20.8. The molecule has 0 unspecified atom stereocenters. The van der Waals surface area contributed by atoms with Gasteiger partial charge in [0.1, 0.15) is 22.3 Å². The molecule has 0 fully saturated rings. The van der Waals surface area contributed by atoms with Gasteiger partial charge in [0, 0.05) is 16.6 Å². The molecule has 0 radical (unpaired) electrons. The smallest absolute Gasteiger partial charge is 0.261 e. The molecule has 2 aromatic heterocycles. The highest BCUT2D eigenvalue weighted by molar-refractivity contribution is 7.13. The van der Waals surface area contributed by atoms with Crippen molar-refractivity contribution in [3.63, 3.8) is 0 Å². The minimum Gasteiger partial charge on any atom is -0.508 e. The maximum Gasteiger partial charge on any atom is 0.261 e. The Hall–Kier alpha value is -3.78. The van der Waals surface area contributed by atoms with Crippen LogP contribution in [0.25, 0.3) is 22.0 Å². The summed E-state index contributed by atoms with van der Waals surface area (Å²) in [6, 6.07) is 13.5. The van der Waals surface area contributed by atoms with E-state index in [1.165, 1.54) is 16.2 Å². The standard InChI is InChI=1S/C22H16N4O3S/c1-12-11-30-20(23-12)19-18(13-6-8-14(27)9-7-13)24-17(25-19)10-26-21(28)15-4-2-3-5-16(15)22(26)29/h2-9,11,27H,10H2,1H3,(H,24,25). The van der Waals surface area contributed by atoms with Crippen LogP contribution in [0.15, 0.2) is 53.9 Å². The number of nitrogens with one attached hydrogen (secondary N) is 1. The van der Waals surface area contributed by atoms with Crippen LogP contribution < -0.4 is 0 Å². The number of imidazole rings is 1. The van der Waals surface area contributed by atoms with Crippen LogP contribution in [-0.4, -0.2) is 36.8 Å². The molecule has 0 saturated heterocycles. The van der Waals surface area contributed by atoms with Crippen LogP contribution in [0.1, 0.15) is 32.2 Å². The SMILES string of the molecule is Cc1csc(-c2nc(CN3C(=O)c4ccccc4C3=O)[nH]c2-c2ccc(O)cc2)n1. The first-order chi connectivity index (χ1) is 14.5. The highest BCUT2D eigenvalue weighted by atomic mass is 32.1. The molecule has 148 valence electrons. The number of H-pyrrole nitrogens is 1. The summed E-state index contributed by atoms with van der Waals surface area (Å²) in [5, 5.41) is 12.3. The number of rotatable bonds is 4. The van der Waals surface area contributed by atoms with Gasteiger partial charge in [-0.3, -0.25) is 14.5 Å². The summed E-state index contributed by atoms with van der Waals surface area (Å²) in [5.74, 6) is -0.0127. The number of amides is 2. The fourth-order valence-electron chi connectivity index (χ4n) is 3.48. The van der Waals surface area contributed by atoms with E-state index in [0.29, 0.717) is 22.6 Å². The number of aromatic nitrogens is 3. The molecule has 2 amide bonds. The van der Waals surface area contributed by atoms with E-state index in [1.807, 2.05) is 12.3 Å². The summed E-state index contributed by atoms with van der Waals surface area (Å²) < 4.78 is 0. The topological polar surface area (TPSA) is 99.2 Å². The molecule has 2 aromatic carbocycles. The van der Waals surface area contributed by atoms with Gasteiger partial charge >= 0.3 is 0 Å².